The van der Waals surface area contributed by atoms with Crippen LogP contribution in [0.15, 0.2) is 60.7 Å². The van der Waals surface area contributed by atoms with Crippen LogP contribution in [0.4, 0.5) is 0 Å². The minimum absolute atomic E-state index is 0.327. The van der Waals surface area contributed by atoms with Gasteiger partial charge >= 0.3 is 0 Å². The Hall–Kier alpha value is -1.86. The topological polar surface area (TPSA) is 0 Å². The van der Waals surface area contributed by atoms with Crippen molar-refractivity contribution in [3.63, 3.8) is 0 Å². The van der Waals surface area contributed by atoms with E-state index in [2.05, 4.69) is 94.5 Å². The van der Waals surface area contributed by atoms with Crippen LogP contribution < -0.4 is 5.19 Å². The van der Waals surface area contributed by atoms with Gasteiger partial charge in [0.05, 0.1) is 8.80 Å². The molecule has 0 bridgehead atoms. The summed E-state index contributed by atoms with van der Waals surface area (Å²) in [6.45, 7) is 11.9. The maximum atomic E-state index is 2.49. The van der Waals surface area contributed by atoms with E-state index >= 15 is 0 Å². The van der Waals surface area contributed by atoms with Crippen LogP contribution in [0.5, 0.6) is 0 Å². The zero-order valence-corrected chi connectivity index (χ0v) is 22.4. The Balaban J connectivity index is 1.84. The molecule has 0 aliphatic heterocycles. The van der Waals surface area contributed by atoms with Gasteiger partial charge in [0.15, 0.2) is 0 Å². The molecule has 0 nitrogen and oxygen atoms in total. The van der Waals surface area contributed by atoms with Crippen molar-refractivity contribution < 1.29 is 0 Å². The fourth-order valence-electron chi connectivity index (χ4n) is 5.41. The molecule has 0 saturated carbocycles. The summed E-state index contributed by atoms with van der Waals surface area (Å²) in [6, 6.07) is 23.4. The Bertz CT molecular complexity index is 981. The number of benzene rings is 3. The Morgan fingerprint density at radius 1 is 0.688 bits per heavy atom. The lowest BCUT2D eigenvalue weighted by Crippen LogP contribution is -2.24. The third kappa shape index (κ3) is 5.73. The van der Waals surface area contributed by atoms with E-state index in [0.29, 0.717) is 5.41 Å². The van der Waals surface area contributed by atoms with E-state index in [0.717, 1.165) is 0 Å². The van der Waals surface area contributed by atoms with E-state index in [4.69, 9.17) is 0 Å². The lowest BCUT2D eigenvalue weighted by atomic mass is 9.72. The van der Waals surface area contributed by atoms with Crippen molar-refractivity contribution in [1.29, 1.82) is 0 Å². The summed E-state index contributed by atoms with van der Waals surface area (Å²) in [6.07, 6.45) is 12.1. The average Bonchev–Trinajstić information content (AvgIpc) is 2.83. The van der Waals surface area contributed by atoms with Crippen molar-refractivity contribution in [1.82, 2.24) is 0 Å². The molecule has 3 rings (SSSR count). The SMILES string of the molecule is CCCCCCCCC(CC)(CC)c1ccc2cc(-c3ccccc3[SiH](C)C)ccc2c1. The number of unbranched alkanes of at least 4 members (excludes halogenated alkanes) is 5. The molecule has 3 aromatic rings. The summed E-state index contributed by atoms with van der Waals surface area (Å²) in [4.78, 5) is 0. The van der Waals surface area contributed by atoms with E-state index in [1.165, 1.54) is 79.7 Å². The first-order chi connectivity index (χ1) is 15.5. The molecule has 0 fully saturated rings. The van der Waals surface area contributed by atoms with Crippen LogP contribution in [0, 0.1) is 0 Å². The zero-order valence-electron chi connectivity index (χ0n) is 21.2. The highest BCUT2D eigenvalue weighted by Crippen LogP contribution is 2.38. The predicted octanol–water partition coefficient (Wildman–Crippen LogP) is 9.01. The summed E-state index contributed by atoms with van der Waals surface area (Å²) in [7, 11) is -0.861. The van der Waals surface area contributed by atoms with Crippen LogP contribution in [-0.2, 0) is 5.41 Å². The fourth-order valence-corrected chi connectivity index (χ4v) is 6.79. The van der Waals surface area contributed by atoms with Crippen molar-refractivity contribution >= 4 is 24.8 Å². The number of fused-ring (bicyclic) bond motifs is 1. The molecule has 0 N–H and O–H groups in total. The summed E-state index contributed by atoms with van der Waals surface area (Å²) >= 11 is 0. The van der Waals surface area contributed by atoms with Gasteiger partial charge in [-0.1, -0.05) is 132 Å². The molecule has 0 aliphatic rings. The highest BCUT2D eigenvalue weighted by Gasteiger charge is 2.28. The van der Waals surface area contributed by atoms with Crippen molar-refractivity contribution in [3.8, 4) is 11.1 Å². The molecule has 0 aromatic heterocycles. The first-order valence-corrected chi connectivity index (χ1v) is 16.1. The smallest absolute Gasteiger partial charge is 0.0655 e. The molecule has 172 valence electrons. The maximum Gasteiger partial charge on any atom is 0.0655 e. The normalized spacial score (nSPS) is 12.1. The van der Waals surface area contributed by atoms with Gasteiger partial charge in [-0.15, -0.1) is 0 Å². The molecule has 0 spiro atoms. The molecule has 0 radical (unpaired) electrons. The third-order valence-corrected chi connectivity index (χ3v) is 9.46. The second-order valence-corrected chi connectivity index (χ2v) is 13.0. The molecular weight excluding hydrogens is 400 g/mol. The second-order valence-electron chi connectivity index (χ2n) is 10.0. The van der Waals surface area contributed by atoms with Crippen LogP contribution in [0.3, 0.4) is 0 Å². The van der Waals surface area contributed by atoms with Gasteiger partial charge < -0.3 is 0 Å². The molecule has 1 heteroatoms. The fraction of sp³-hybridized carbons (Fsp3) is 0.484. The minimum Gasteiger partial charge on any atom is -0.0682 e. The first-order valence-electron chi connectivity index (χ1n) is 13.2. The lowest BCUT2D eigenvalue weighted by Gasteiger charge is -2.33. The van der Waals surface area contributed by atoms with Gasteiger partial charge in [-0.3, -0.25) is 0 Å². The standard InChI is InChI=1S/C31H44Si/c1-6-9-10-11-12-15-22-31(7-2,8-3)28-21-20-25-23-27(19-18-26(25)24-28)29-16-13-14-17-30(29)32(4)5/h13-14,16-21,23-24,32H,6-12,15,22H2,1-5H3. The zero-order chi connectivity index (χ0) is 23.0. The Morgan fingerprint density at radius 2 is 1.34 bits per heavy atom. The van der Waals surface area contributed by atoms with Gasteiger partial charge in [-0.25, -0.2) is 0 Å². The van der Waals surface area contributed by atoms with E-state index in [-0.39, 0.29) is 0 Å². The van der Waals surface area contributed by atoms with Gasteiger partial charge in [0.1, 0.15) is 0 Å². The summed E-state index contributed by atoms with van der Waals surface area (Å²) < 4.78 is 0. The third-order valence-electron chi connectivity index (χ3n) is 7.71. The first kappa shape index (κ1) is 24.8. The van der Waals surface area contributed by atoms with E-state index in [1.54, 1.807) is 10.8 Å². The molecular formula is C31H44Si. The second kappa shape index (κ2) is 11.8. The van der Waals surface area contributed by atoms with Crippen molar-refractivity contribution in [3.05, 3.63) is 66.2 Å². The summed E-state index contributed by atoms with van der Waals surface area (Å²) in [5.74, 6) is 0. The Morgan fingerprint density at radius 3 is 2.06 bits per heavy atom. The highest BCUT2D eigenvalue weighted by atomic mass is 28.3. The number of rotatable bonds is 12. The molecule has 0 aliphatic carbocycles. The summed E-state index contributed by atoms with van der Waals surface area (Å²) in [5, 5.41) is 4.32. The largest absolute Gasteiger partial charge is 0.0682 e. The molecule has 0 unspecified atom stereocenters. The maximum absolute atomic E-state index is 2.49. The van der Waals surface area contributed by atoms with Crippen LogP contribution in [-0.4, -0.2) is 8.80 Å². The van der Waals surface area contributed by atoms with Gasteiger partial charge in [0, 0.05) is 0 Å². The van der Waals surface area contributed by atoms with Crippen LogP contribution in [0.2, 0.25) is 13.1 Å². The number of hydrogen-bond donors (Lipinski definition) is 0. The Labute approximate surface area is 199 Å². The van der Waals surface area contributed by atoms with Crippen LogP contribution >= 0.6 is 0 Å². The van der Waals surface area contributed by atoms with Gasteiger partial charge in [0.2, 0.25) is 0 Å². The van der Waals surface area contributed by atoms with E-state index in [9.17, 15) is 0 Å². The van der Waals surface area contributed by atoms with Gasteiger partial charge in [0.25, 0.3) is 0 Å². The van der Waals surface area contributed by atoms with Crippen LogP contribution in [0.25, 0.3) is 21.9 Å². The Kier molecular flexibility index (Phi) is 9.17. The molecule has 32 heavy (non-hydrogen) atoms. The molecule has 3 aromatic carbocycles. The van der Waals surface area contributed by atoms with Gasteiger partial charge in [-0.05, 0) is 58.2 Å². The van der Waals surface area contributed by atoms with Crippen LogP contribution in [0.1, 0.15) is 84.1 Å². The lowest BCUT2D eigenvalue weighted by molar-refractivity contribution is 0.348. The molecule has 0 heterocycles. The van der Waals surface area contributed by atoms with Crippen molar-refractivity contribution in [2.24, 2.45) is 0 Å². The average molecular weight is 445 g/mol. The van der Waals surface area contributed by atoms with Crippen molar-refractivity contribution in [2.45, 2.75) is 97.1 Å². The van der Waals surface area contributed by atoms with Gasteiger partial charge in [-0.2, -0.15) is 0 Å². The summed E-state index contributed by atoms with van der Waals surface area (Å²) in [5.41, 5.74) is 4.67. The minimum atomic E-state index is -0.861. The molecule has 0 saturated heterocycles. The monoisotopic (exact) mass is 444 g/mol. The quantitative estimate of drug-likeness (QED) is 0.193. The van der Waals surface area contributed by atoms with E-state index < -0.39 is 8.80 Å². The van der Waals surface area contributed by atoms with E-state index in [1.807, 2.05) is 0 Å². The highest BCUT2D eigenvalue weighted by molar-refractivity contribution is 6.72. The number of hydrogen-bond acceptors (Lipinski definition) is 0. The molecule has 0 atom stereocenters. The van der Waals surface area contributed by atoms with Crippen molar-refractivity contribution in [2.75, 3.05) is 0 Å². The molecule has 0 amide bonds. The predicted molar refractivity (Wildman–Crippen MR) is 148 cm³/mol.